The molecule has 23 heavy (non-hydrogen) atoms. The van der Waals surface area contributed by atoms with Crippen molar-refractivity contribution in [2.75, 3.05) is 0 Å². The maximum Gasteiger partial charge on any atom is 0.169 e. The second-order valence-corrected chi connectivity index (χ2v) is 10.0. The zero-order chi connectivity index (χ0) is 16.9. The van der Waals surface area contributed by atoms with E-state index in [2.05, 4.69) is 15.9 Å². The highest BCUT2D eigenvalue weighted by molar-refractivity contribution is 9.10. The molecule has 120 valence electrons. The molecule has 4 atom stereocenters. The minimum atomic E-state index is -1.60. The number of rotatable bonds is 0. The van der Waals surface area contributed by atoms with Crippen LogP contribution in [-0.2, 0) is 0 Å². The monoisotopic (exact) mass is 472 g/mol. The van der Waals surface area contributed by atoms with Crippen LogP contribution in [0.15, 0.2) is 34.3 Å². The fourth-order valence-corrected chi connectivity index (χ4v) is 7.43. The summed E-state index contributed by atoms with van der Waals surface area (Å²) in [5.41, 5.74) is 0.597. The molecular weight excluding hydrogens is 469 g/mol. The van der Waals surface area contributed by atoms with E-state index in [0.29, 0.717) is 11.1 Å². The molecular formula is C15H6BrCl5O2. The summed E-state index contributed by atoms with van der Waals surface area (Å²) < 4.78 is -1.56. The van der Waals surface area contributed by atoms with Gasteiger partial charge in [0.15, 0.2) is 11.6 Å². The third-order valence-corrected chi connectivity index (χ3v) is 10.1. The summed E-state index contributed by atoms with van der Waals surface area (Å²) in [7, 11) is 0. The molecule has 0 aromatic heterocycles. The maximum absolute atomic E-state index is 13.0. The Kier molecular flexibility index (Phi) is 3.40. The summed E-state index contributed by atoms with van der Waals surface area (Å²) in [6.07, 6.45) is 0. The van der Waals surface area contributed by atoms with Gasteiger partial charge in [0.2, 0.25) is 0 Å². The zero-order valence-electron chi connectivity index (χ0n) is 11.0. The van der Waals surface area contributed by atoms with Gasteiger partial charge in [0.25, 0.3) is 0 Å². The number of Topliss-reactive ketones (excluding diaryl/α,β-unsaturated/α-hetero) is 2. The van der Waals surface area contributed by atoms with Gasteiger partial charge in [-0.2, -0.15) is 0 Å². The van der Waals surface area contributed by atoms with Gasteiger partial charge in [0, 0.05) is 11.1 Å². The lowest BCUT2D eigenvalue weighted by atomic mass is 9.69. The minimum Gasteiger partial charge on any atom is -0.294 e. The summed E-state index contributed by atoms with van der Waals surface area (Å²) in [6.45, 7) is 0. The van der Waals surface area contributed by atoms with E-state index in [1.807, 2.05) is 0 Å². The average molecular weight is 475 g/mol. The van der Waals surface area contributed by atoms with Crippen LogP contribution in [0.25, 0.3) is 0 Å². The summed E-state index contributed by atoms with van der Waals surface area (Å²) >= 11 is 35.9. The fraction of sp³-hybridized carbons (Fsp3) is 0.333. The van der Waals surface area contributed by atoms with Crippen molar-refractivity contribution in [1.29, 1.82) is 0 Å². The molecule has 2 bridgehead atoms. The molecule has 0 aliphatic heterocycles. The van der Waals surface area contributed by atoms with E-state index < -0.39 is 25.4 Å². The predicted molar refractivity (Wildman–Crippen MR) is 95.5 cm³/mol. The highest BCUT2D eigenvalue weighted by atomic mass is 79.9. The van der Waals surface area contributed by atoms with E-state index in [-0.39, 0.29) is 21.6 Å². The summed E-state index contributed by atoms with van der Waals surface area (Å²) in [5, 5.41) is 0.00831. The van der Waals surface area contributed by atoms with Gasteiger partial charge >= 0.3 is 0 Å². The smallest absolute Gasteiger partial charge is 0.169 e. The molecule has 4 rings (SSSR count). The van der Waals surface area contributed by atoms with Crippen LogP contribution in [0.3, 0.4) is 0 Å². The molecule has 0 heterocycles. The lowest BCUT2D eigenvalue weighted by molar-refractivity contribution is 0.0733. The lowest BCUT2D eigenvalue weighted by Crippen LogP contribution is -2.48. The van der Waals surface area contributed by atoms with Crippen molar-refractivity contribution in [3.63, 3.8) is 0 Å². The molecule has 8 heteroatoms. The van der Waals surface area contributed by atoms with E-state index >= 15 is 0 Å². The van der Waals surface area contributed by atoms with Crippen molar-refractivity contribution in [2.24, 2.45) is 11.8 Å². The SMILES string of the molecule is O=C1c2ccccc2C(=O)C2C1C1(Cl)C(Cl)=C(Cl)C2(Cl)C1(Cl)Br. The van der Waals surface area contributed by atoms with Gasteiger partial charge in [0.05, 0.1) is 21.9 Å². The largest absolute Gasteiger partial charge is 0.294 e. The van der Waals surface area contributed by atoms with Crippen molar-refractivity contribution in [1.82, 2.24) is 0 Å². The molecule has 1 aromatic carbocycles. The van der Waals surface area contributed by atoms with Crippen LogP contribution in [-0.4, -0.2) is 25.1 Å². The van der Waals surface area contributed by atoms with Gasteiger partial charge in [-0.25, -0.2) is 0 Å². The summed E-state index contributed by atoms with van der Waals surface area (Å²) in [4.78, 5) is 22.8. The number of ketones is 2. The lowest BCUT2D eigenvalue weighted by Gasteiger charge is -2.38. The number of allylic oxidation sites excluding steroid dienone is 2. The van der Waals surface area contributed by atoms with Crippen molar-refractivity contribution in [3.8, 4) is 0 Å². The number of halogens is 6. The molecule has 0 saturated heterocycles. The van der Waals surface area contributed by atoms with Crippen molar-refractivity contribution >= 4 is 85.5 Å². The van der Waals surface area contributed by atoms with Gasteiger partial charge in [-0.3, -0.25) is 9.59 Å². The third-order valence-electron chi connectivity index (χ3n) is 4.96. The predicted octanol–water partition coefficient (Wildman–Crippen LogP) is 5.30. The van der Waals surface area contributed by atoms with E-state index in [9.17, 15) is 9.59 Å². The maximum atomic E-state index is 13.0. The Morgan fingerprint density at radius 3 is 1.52 bits per heavy atom. The van der Waals surface area contributed by atoms with Crippen molar-refractivity contribution in [3.05, 3.63) is 45.5 Å². The van der Waals surface area contributed by atoms with Gasteiger partial charge in [-0.05, 0) is 0 Å². The van der Waals surface area contributed by atoms with Crippen molar-refractivity contribution in [2.45, 2.75) is 13.5 Å². The highest BCUT2D eigenvalue weighted by Crippen LogP contribution is 2.78. The standard InChI is InChI=1S/C15H6BrCl5O2/c16-15(21)13(19)7-8(14(15,20)12(18)11(13)17)10(23)6-4-2-1-3-5(6)9(7)22/h1-4,7-8H. The van der Waals surface area contributed by atoms with Gasteiger partial charge in [0.1, 0.15) is 13.5 Å². The molecule has 4 unspecified atom stereocenters. The normalized spacial score (nSPS) is 44.6. The van der Waals surface area contributed by atoms with Crippen LogP contribution in [0.1, 0.15) is 20.7 Å². The van der Waals surface area contributed by atoms with Gasteiger partial charge < -0.3 is 0 Å². The first-order chi connectivity index (χ1) is 10.6. The highest BCUT2D eigenvalue weighted by Gasteiger charge is 2.85. The van der Waals surface area contributed by atoms with E-state index in [1.54, 1.807) is 24.3 Å². The zero-order valence-corrected chi connectivity index (χ0v) is 16.4. The first-order valence-electron chi connectivity index (χ1n) is 6.61. The first kappa shape index (κ1) is 16.7. The summed E-state index contributed by atoms with van der Waals surface area (Å²) in [5.74, 6) is -2.60. The molecule has 0 N–H and O–H groups in total. The number of hydrogen-bond donors (Lipinski definition) is 0. The molecule has 1 aromatic rings. The molecule has 1 saturated carbocycles. The van der Waals surface area contributed by atoms with Crippen LogP contribution in [0, 0.1) is 11.8 Å². The second kappa shape index (κ2) is 4.69. The van der Waals surface area contributed by atoms with Gasteiger partial charge in [-0.15, -0.1) is 34.8 Å². The number of carbonyl (C=O) groups excluding carboxylic acids is 2. The fourth-order valence-electron chi connectivity index (χ4n) is 3.89. The third kappa shape index (κ3) is 1.53. The van der Waals surface area contributed by atoms with Crippen LogP contribution >= 0.6 is 73.9 Å². The second-order valence-electron chi connectivity index (χ2n) is 5.86. The van der Waals surface area contributed by atoms with Crippen LogP contribution in [0.5, 0.6) is 0 Å². The summed E-state index contributed by atoms with van der Waals surface area (Å²) in [6, 6.07) is 6.54. The Bertz CT molecular complexity index is 770. The Morgan fingerprint density at radius 1 is 0.826 bits per heavy atom. The molecule has 1 fully saturated rings. The molecule has 3 aliphatic carbocycles. The minimum absolute atomic E-state index is 0.00416. The number of hydrogen-bond acceptors (Lipinski definition) is 2. The number of benzene rings is 1. The molecule has 2 nitrogen and oxygen atoms in total. The van der Waals surface area contributed by atoms with Crippen LogP contribution in [0.2, 0.25) is 0 Å². The molecule has 3 aliphatic rings. The van der Waals surface area contributed by atoms with E-state index in [0.717, 1.165) is 0 Å². The van der Waals surface area contributed by atoms with Gasteiger partial charge in [-0.1, -0.05) is 63.4 Å². The van der Waals surface area contributed by atoms with E-state index in [1.165, 1.54) is 0 Å². The Hall–Kier alpha value is 0.230. The number of carbonyl (C=O) groups is 2. The first-order valence-corrected chi connectivity index (χ1v) is 9.29. The Morgan fingerprint density at radius 2 is 1.17 bits per heavy atom. The quantitative estimate of drug-likeness (QED) is 0.478. The van der Waals surface area contributed by atoms with Crippen molar-refractivity contribution < 1.29 is 9.59 Å². The Balaban J connectivity index is 2.08. The molecule has 0 radical (unpaired) electrons. The van der Waals surface area contributed by atoms with Crippen LogP contribution < -0.4 is 0 Å². The molecule has 0 spiro atoms. The number of alkyl halides is 4. The van der Waals surface area contributed by atoms with Crippen LogP contribution in [0.4, 0.5) is 0 Å². The Labute approximate surface area is 165 Å². The number of fused-ring (bicyclic) bond motifs is 6. The molecule has 0 amide bonds. The van der Waals surface area contributed by atoms with E-state index in [4.69, 9.17) is 58.0 Å². The average Bonchev–Trinajstić information content (AvgIpc) is 2.73. The topological polar surface area (TPSA) is 34.1 Å².